The zero-order valence-electron chi connectivity index (χ0n) is 17.3. The van der Waals surface area contributed by atoms with Crippen LogP contribution in [-0.4, -0.2) is 40.7 Å². The second kappa shape index (κ2) is 7.82. The highest BCUT2D eigenvalue weighted by Gasteiger charge is 2.51. The van der Waals surface area contributed by atoms with E-state index in [4.69, 9.17) is 9.15 Å². The van der Waals surface area contributed by atoms with E-state index in [1.54, 1.807) is 6.07 Å². The SMILES string of the molecule is CC(C)(CC1CNc2cc(NC(=O)OC(C)(C)C(F)(F)F)ccc2O1)c1n[nH]c(=O)o1. The van der Waals surface area contributed by atoms with Crippen molar-refractivity contribution in [3.8, 4) is 5.75 Å². The first-order chi connectivity index (χ1) is 14.3. The highest BCUT2D eigenvalue weighted by atomic mass is 19.4. The zero-order chi connectivity index (χ0) is 23.0. The Bertz CT molecular complexity index is 1010. The molecular weight excluding hydrogens is 421 g/mol. The average Bonchev–Trinajstić information content (AvgIpc) is 3.07. The van der Waals surface area contributed by atoms with E-state index in [9.17, 15) is 22.8 Å². The average molecular weight is 444 g/mol. The van der Waals surface area contributed by atoms with Crippen molar-refractivity contribution in [2.45, 2.75) is 57.4 Å². The number of hydrogen-bond donors (Lipinski definition) is 3. The number of anilines is 2. The summed E-state index contributed by atoms with van der Waals surface area (Å²) in [6, 6.07) is 4.61. The third-order valence-electron chi connectivity index (χ3n) is 4.83. The molecule has 1 aliphatic heterocycles. The van der Waals surface area contributed by atoms with Crippen LogP contribution in [0.25, 0.3) is 0 Å². The lowest BCUT2D eigenvalue weighted by molar-refractivity contribution is -0.242. The van der Waals surface area contributed by atoms with Gasteiger partial charge in [0.05, 0.1) is 12.2 Å². The van der Waals surface area contributed by atoms with Gasteiger partial charge in [-0.25, -0.2) is 14.7 Å². The standard InChI is InChI=1S/C19H23F3N4O5/c1-17(2,14-25-26-16(28)30-14)8-11-9-23-12-7-10(5-6-13(12)29-11)24-15(27)31-18(3,4)19(20,21)22/h5-7,11,23H,8-9H2,1-4H3,(H,24,27)(H,26,28). The van der Waals surface area contributed by atoms with E-state index in [-0.39, 0.29) is 17.7 Å². The Morgan fingerprint density at radius 1 is 1.29 bits per heavy atom. The van der Waals surface area contributed by atoms with Gasteiger partial charge in [0, 0.05) is 11.1 Å². The van der Waals surface area contributed by atoms with Crippen molar-refractivity contribution in [3.63, 3.8) is 0 Å². The number of H-pyrrole nitrogens is 1. The van der Waals surface area contributed by atoms with Gasteiger partial charge in [0.25, 0.3) is 0 Å². The maximum absolute atomic E-state index is 12.9. The summed E-state index contributed by atoms with van der Waals surface area (Å²) in [6.45, 7) is 5.69. The van der Waals surface area contributed by atoms with Gasteiger partial charge < -0.3 is 19.2 Å². The summed E-state index contributed by atoms with van der Waals surface area (Å²) in [5.41, 5.74) is -2.39. The van der Waals surface area contributed by atoms with Gasteiger partial charge in [0.1, 0.15) is 11.9 Å². The van der Waals surface area contributed by atoms with Gasteiger partial charge in [-0.1, -0.05) is 13.8 Å². The lowest BCUT2D eigenvalue weighted by Crippen LogP contribution is -2.44. The highest BCUT2D eigenvalue weighted by molar-refractivity contribution is 5.86. The lowest BCUT2D eigenvalue weighted by atomic mass is 9.86. The Balaban J connectivity index is 1.63. The third-order valence-corrected chi connectivity index (χ3v) is 4.83. The van der Waals surface area contributed by atoms with E-state index in [0.717, 1.165) is 13.8 Å². The van der Waals surface area contributed by atoms with Crippen LogP contribution in [0.15, 0.2) is 27.4 Å². The highest BCUT2D eigenvalue weighted by Crippen LogP contribution is 2.36. The summed E-state index contributed by atoms with van der Waals surface area (Å²) in [7, 11) is 0. The number of alkyl halides is 3. The molecule has 1 aliphatic rings. The zero-order valence-corrected chi connectivity index (χ0v) is 17.3. The van der Waals surface area contributed by atoms with Crippen LogP contribution in [0.3, 0.4) is 0 Å². The summed E-state index contributed by atoms with van der Waals surface area (Å²) in [5, 5.41) is 11.6. The molecule has 0 radical (unpaired) electrons. The largest absolute Gasteiger partial charge is 0.486 e. The number of benzene rings is 1. The van der Waals surface area contributed by atoms with E-state index in [1.165, 1.54) is 12.1 Å². The fraction of sp³-hybridized carbons (Fsp3) is 0.526. The van der Waals surface area contributed by atoms with Crippen LogP contribution in [0, 0.1) is 0 Å². The number of aromatic nitrogens is 2. The Kier molecular flexibility index (Phi) is 5.68. The number of hydrogen-bond acceptors (Lipinski definition) is 7. The van der Waals surface area contributed by atoms with Crippen LogP contribution in [0.5, 0.6) is 5.75 Å². The molecule has 12 heteroatoms. The predicted molar refractivity (Wildman–Crippen MR) is 104 cm³/mol. The molecule has 0 spiro atoms. The van der Waals surface area contributed by atoms with Crippen molar-refractivity contribution >= 4 is 17.5 Å². The van der Waals surface area contributed by atoms with Gasteiger partial charge in [0.2, 0.25) is 11.5 Å². The second-order valence-electron chi connectivity index (χ2n) is 8.36. The van der Waals surface area contributed by atoms with Gasteiger partial charge >= 0.3 is 18.0 Å². The van der Waals surface area contributed by atoms with Gasteiger partial charge in [-0.05, 0) is 38.5 Å². The molecule has 0 saturated heterocycles. The molecule has 0 fully saturated rings. The van der Waals surface area contributed by atoms with Crippen molar-refractivity contribution in [1.29, 1.82) is 0 Å². The minimum Gasteiger partial charge on any atom is -0.486 e. The van der Waals surface area contributed by atoms with Gasteiger partial charge in [0.15, 0.2) is 0 Å². The maximum atomic E-state index is 12.9. The molecule has 0 bridgehead atoms. The first kappa shape index (κ1) is 22.5. The minimum atomic E-state index is -4.70. The number of carbonyl (C=O) groups excluding carboxylic acids is 1. The number of carbonyl (C=O) groups is 1. The molecule has 9 nitrogen and oxygen atoms in total. The molecule has 2 heterocycles. The van der Waals surface area contributed by atoms with Gasteiger partial charge in [-0.15, -0.1) is 5.10 Å². The van der Waals surface area contributed by atoms with Crippen LogP contribution in [0.4, 0.5) is 29.3 Å². The van der Waals surface area contributed by atoms with Crippen LogP contribution in [-0.2, 0) is 10.2 Å². The Morgan fingerprint density at radius 3 is 2.61 bits per heavy atom. The number of amides is 1. The minimum absolute atomic E-state index is 0.245. The fourth-order valence-corrected chi connectivity index (χ4v) is 3.02. The van der Waals surface area contributed by atoms with Gasteiger partial charge in [-0.2, -0.15) is 13.2 Å². The van der Waals surface area contributed by atoms with Crippen molar-refractivity contribution in [3.05, 3.63) is 34.6 Å². The third kappa shape index (κ3) is 5.12. The molecule has 1 aromatic carbocycles. The number of rotatable bonds is 5. The number of nitrogens with zero attached hydrogens (tertiary/aromatic N) is 1. The van der Waals surface area contributed by atoms with E-state index >= 15 is 0 Å². The Labute approximate surface area is 175 Å². The quantitative estimate of drug-likeness (QED) is 0.642. The molecule has 3 N–H and O–H groups in total. The summed E-state index contributed by atoms with van der Waals surface area (Å²) in [5.74, 6) is 0.144. The molecule has 3 rings (SSSR count). The summed E-state index contributed by atoms with van der Waals surface area (Å²) in [4.78, 5) is 23.1. The van der Waals surface area contributed by atoms with Crippen LogP contribution >= 0.6 is 0 Å². The topological polar surface area (TPSA) is 118 Å². The molecule has 31 heavy (non-hydrogen) atoms. The van der Waals surface area contributed by atoms with E-state index in [0.29, 0.717) is 24.4 Å². The molecular formula is C19H23F3N4O5. The van der Waals surface area contributed by atoms with E-state index < -0.39 is 29.0 Å². The molecule has 1 unspecified atom stereocenters. The number of halogens is 3. The van der Waals surface area contributed by atoms with Crippen LogP contribution in [0.2, 0.25) is 0 Å². The van der Waals surface area contributed by atoms with Crippen molar-refractivity contribution in [2.75, 3.05) is 17.2 Å². The van der Waals surface area contributed by atoms with Gasteiger partial charge in [-0.3, -0.25) is 5.32 Å². The number of ether oxygens (including phenoxy) is 2. The van der Waals surface area contributed by atoms with Crippen LogP contribution < -0.4 is 21.1 Å². The maximum Gasteiger partial charge on any atom is 0.434 e. The number of fused-ring (bicyclic) bond motifs is 1. The molecule has 170 valence electrons. The number of aromatic amines is 1. The first-order valence-electron chi connectivity index (χ1n) is 9.44. The summed E-state index contributed by atoms with van der Waals surface area (Å²) < 4.78 is 54.1. The molecule has 0 saturated carbocycles. The van der Waals surface area contributed by atoms with Crippen molar-refractivity contribution in [2.24, 2.45) is 0 Å². The summed E-state index contributed by atoms with van der Waals surface area (Å²) in [6.07, 6.45) is -5.69. The lowest BCUT2D eigenvalue weighted by Gasteiger charge is -2.32. The number of nitrogens with one attached hydrogen (secondary N) is 3. The van der Waals surface area contributed by atoms with Crippen LogP contribution in [0.1, 0.15) is 40.0 Å². The normalized spacial score (nSPS) is 16.7. The predicted octanol–water partition coefficient (Wildman–Crippen LogP) is 3.79. The molecule has 1 amide bonds. The summed E-state index contributed by atoms with van der Waals surface area (Å²) >= 11 is 0. The Morgan fingerprint density at radius 2 is 2.00 bits per heavy atom. The molecule has 1 atom stereocenters. The fourth-order valence-electron chi connectivity index (χ4n) is 3.02. The molecule has 0 aliphatic carbocycles. The van der Waals surface area contributed by atoms with E-state index in [1.807, 2.05) is 13.8 Å². The van der Waals surface area contributed by atoms with E-state index in [2.05, 4.69) is 25.6 Å². The monoisotopic (exact) mass is 444 g/mol. The first-order valence-corrected chi connectivity index (χ1v) is 9.44. The molecule has 2 aromatic rings. The van der Waals surface area contributed by atoms with Crippen molar-refractivity contribution < 1.29 is 31.9 Å². The molecule has 1 aromatic heterocycles. The second-order valence-corrected chi connectivity index (χ2v) is 8.36. The Hall–Kier alpha value is -3.18. The van der Waals surface area contributed by atoms with Crippen molar-refractivity contribution in [1.82, 2.24) is 10.2 Å². The smallest absolute Gasteiger partial charge is 0.434 e.